The third-order valence-electron chi connectivity index (χ3n) is 5.22. The average molecular weight is 1000 g/mol. The van der Waals surface area contributed by atoms with Crippen molar-refractivity contribution in [3.05, 3.63) is 93.1 Å². The minimum atomic E-state index is -5.34. The summed E-state index contributed by atoms with van der Waals surface area (Å²) in [6.07, 6.45) is -9.85. The van der Waals surface area contributed by atoms with Crippen molar-refractivity contribution in [2.24, 2.45) is 21.5 Å². The van der Waals surface area contributed by atoms with Crippen molar-refractivity contribution in [1.82, 2.24) is 0 Å². The maximum atomic E-state index is 13.9. The Labute approximate surface area is 337 Å². The molecule has 55 heavy (non-hydrogen) atoms. The van der Waals surface area contributed by atoms with Crippen LogP contribution in [-0.2, 0) is 53.4 Å². The van der Waals surface area contributed by atoms with Gasteiger partial charge >= 0.3 is 42.8 Å². The van der Waals surface area contributed by atoms with Gasteiger partial charge in [-0.25, -0.2) is 27.2 Å². The van der Waals surface area contributed by atoms with Gasteiger partial charge in [0.2, 0.25) is 0 Å². The number of nitrogens with two attached hydrogens (primary N) is 2. The van der Waals surface area contributed by atoms with Crippen molar-refractivity contribution in [2.75, 3.05) is 0 Å². The van der Waals surface area contributed by atoms with E-state index in [4.69, 9.17) is 45.2 Å². The van der Waals surface area contributed by atoms with Crippen LogP contribution in [-0.4, -0.2) is 29.8 Å². The van der Waals surface area contributed by atoms with Crippen LogP contribution in [0.5, 0.6) is 0 Å². The molecule has 0 heterocycles. The molecule has 2 unspecified atom stereocenters. The molecule has 2 aromatic carbocycles. The third-order valence-corrected chi connectivity index (χ3v) is 9.14. The van der Waals surface area contributed by atoms with Gasteiger partial charge in [0.25, 0.3) is 0 Å². The molecule has 0 saturated carbocycles. The van der Waals surface area contributed by atoms with Crippen LogP contribution in [0, 0.1) is 49.1 Å². The maximum absolute atomic E-state index is 13.9. The first-order valence-electron chi connectivity index (χ1n) is 12.1. The van der Waals surface area contributed by atoms with E-state index >= 15 is 0 Å². The van der Waals surface area contributed by atoms with Gasteiger partial charge in [-0.1, -0.05) is 23.2 Å². The second-order valence-electron chi connectivity index (χ2n) is 8.81. The van der Waals surface area contributed by atoms with Gasteiger partial charge in [0.05, 0.1) is 26.9 Å². The molecule has 0 aliphatic rings. The van der Waals surface area contributed by atoms with E-state index in [9.17, 15) is 69.9 Å². The molecule has 2 aromatic rings. The van der Waals surface area contributed by atoms with Gasteiger partial charge < -0.3 is 26.3 Å². The number of hydrogen-bond donors (Lipinski definition) is 2. The van der Waals surface area contributed by atoms with Gasteiger partial charge in [-0.3, -0.25) is 0 Å². The van der Waals surface area contributed by atoms with Crippen molar-refractivity contribution < 1.29 is 89.4 Å². The number of allylic oxidation sites excluding steroid dienone is 4. The quantitative estimate of drug-likeness (QED) is 0.0964. The first-order valence-corrected chi connectivity index (χ1v) is 15.9. The van der Waals surface area contributed by atoms with Crippen LogP contribution in [0.25, 0.3) is 0 Å². The van der Waals surface area contributed by atoms with Crippen molar-refractivity contribution in [2.45, 2.75) is 30.3 Å². The number of alkyl halides is 12. The molecule has 0 saturated heterocycles. The number of nitriles is 2. The van der Waals surface area contributed by atoms with Gasteiger partial charge in [0, 0.05) is 0 Å². The van der Waals surface area contributed by atoms with Crippen LogP contribution >= 0.6 is 39.1 Å². The zero-order valence-electron chi connectivity index (χ0n) is 27.0. The Bertz CT molecular complexity index is 1820. The Morgan fingerprint density at radius 3 is 1.29 bits per heavy atom. The summed E-state index contributed by atoms with van der Waals surface area (Å²) in [5.41, 5.74) is -8.36. The summed E-state index contributed by atoms with van der Waals surface area (Å²) in [5.74, 6) is -3.20. The molecule has 300 valence electrons. The number of aliphatic imine (C=N–C) groups is 2. The molecule has 0 aromatic heterocycles. The molecule has 2 atom stereocenters. The summed E-state index contributed by atoms with van der Waals surface area (Å²) < 4.78 is 201. The number of nitrogens with zero attached hydrogens (tertiary/aromatic N) is 4. The van der Waals surface area contributed by atoms with Gasteiger partial charge in [-0.15, -0.1) is 0 Å². The second kappa shape index (κ2) is 21.4. The SMILES string of the molecule is CC(=Nc1c(F)cc(C(F)(F)F)cc1Cl)C(=C(N)C#N)S(=O)C(F)(F)F.N#CC(N)=C(C(Br)=Nc1c(F)cc(C(F)(F)F)cc1Cl)S(=O)C(F)(F)F.[CH3-].[CH3-].[Zn+2]. The van der Waals surface area contributed by atoms with E-state index in [2.05, 4.69) is 25.9 Å². The number of hydrogen-bond acceptors (Lipinski definition) is 8. The Balaban J connectivity index is -0.000000932. The molecule has 0 bridgehead atoms. The first-order chi connectivity index (χ1) is 23.4. The Morgan fingerprint density at radius 2 is 1.00 bits per heavy atom. The molecule has 8 nitrogen and oxygen atoms in total. The minimum absolute atomic E-state index is 0. The van der Waals surface area contributed by atoms with Crippen molar-refractivity contribution in [3.63, 3.8) is 0 Å². The molecule has 0 fully saturated rings. The van der Waals surface area contributed by atoms with Crippen LogP contribution in [0.4, 0.5) is 72.8 Å². The normalized spacial score (nSPS) is 14.5. The molecule has 0 spiro atoms. The summed E-state index contributed by atoms with van der Waals surface area (Å²) in [6.45, 7) is 0.816. The Morgan fingerprint density at radius 1 is 0.691 bits per heavy atom. The smallest absolute Gasteiger partial charge is 0.389 e. The largest absolute Gasteiger partial charge is 2.00 e. The van der Waals surface area contributed by atoms with E-state index in [0.29, 0.717) is 12.1 Å². The molecular weight excluding hydrogens is 987 g/mol. The van der Waals surface area contributed by atoms with Crippen molar-refractivity contribution in [1.29, 1.82) is 10.5 Å². The van der Waals surface area contributed by atoms with Crippen LogP contribution in [0.2, 0.25) is 10.0 Å². The molecule has 0 aliphatic carbocycles. The maximum Gasteiger partial charge on any atom is 2.00 e. The molecule has 0 radical (unpaired) electrons. The molecule has 2 rings (SSSR count). The Hall–Kier alpha value is -3.16. The average Bonchev–Trinajstić information content (AvgIpc) is 2.98. The molecule has 4 N–H and O–H groups in total. The standard InChI is InChI=1S/C13H7ClF7N3OS.C12H4BrClF7N3OS.2CH3.Zn/c1-5(11(9(23)4-22)26(25)13(19,20)21)24-10-7(14)2-6(3-8(10)15)12(16,17)18;13-10(9(7(23)3-22)26(25)12(19,20)21)24-8-5(14)1-4(2-6(8)15)11(16,17)18;;;/h2-3H,23H2,1H3;1-2H,23H2;2*1H3;/q;;2*-1;+2. The molecule has 28 heteroatoms. The molecule has 0 aliphatic heterocycles. The summed E-state index contributed by atoms with van der Waals surface area (Å²) in [7, 11) is -7.62. The van der Waals surface area contributed by atoms with Crippen LogP contribution in [0.15, 0.2) is 55.5 Å². The number of benzene rings is 2. The van der Waals surface area contributed by atoms with Crippen LogP contribution in [0.1, 0.15) is 18.1 Å². The van der Waals surface area contributed by atoms with E-state index in [-0.39, 0.29) is 46.5 Å². The third kappa shape index (κ3) is 15.4. The van der Waals surface area contributed by atoms with Gasteiger partial charge in [0.15, 0.2) is 33.2 Å². The molecule has 0 amide bonds. The fraction of sp³-hybridized carbons (Fsp3) is 0.185. The molecular formula is C27H17BrCl2F14N6O2S2Zn. The zero-order valence-corrected chi connectivity index (χ0v) is 34.7. The fourth-order valence-corrected chi connectivity index (χ4v) is 5.89. The first kappa shape index (κ1) is 56.2. The zero-order chi connectivity index (χ0) is 40.9. The predicted octanol–water partition coefficient (Wildman–Crippen LogP) is 10.3. The van der Waals surface area contributed by atoms with E-state index in [1.165, 1.54) is 0 Å². The van der Waals surface area contributed by atoms with E-state index < -0.39 is 121 Å². The van der Waals surface area contributed by atoms with Crippen molar-refractivity contribution in [3.8, 4) is 12.1 Å². The van der Waals surface area contributed by atoms with Gasteiger partial charge in [-0.2, -0.15) is 63.2 Å². The summed E-state index contributed by atoms with van der Waals surface area (Å²) in [4.78, 5) is 4.02. The van der Waals surface area contributed by atoms with E-state index in [0.717, 1.165) is 19.1 Å². The van der Waals surface area contributed by atoms with Gasteiger partial charge in [-0.05, 0) is 47.1 Å². The summed E-state index contributed by atoms with van der Waals surface area (Å²) in [6, 6.07) is 2.93. The Kier molecular flexibility index (Phi) is 21.8. The van der Waals surface area contributed by atoms with Crippen molar-refractivity contribution >= 4 is 82.4 Å². The predicted molar refractivity (Wildman–Crippen MR) is 176 cm³/mol. The van der Waals surface area contributed by atoms with E-state index in [1.54, 1.807) is 0 Å². The summed E-state index contributed by atoms with van der Waals surface area (Å²) in [5, 5.41) is 15.5. The van der Waals surface area contributed by atoms with Crippen LogP contribution < -0.4 is 11.5 Å². The van der Waals surface area contributed by atoms with Gasteiger partial charge in [0.1, 0.15) is 49.3 Å². The number of halogens is 17. The van der Waals surface area contributed by atoms with E-state index in [1.807, 2.05) is 0 Å². The number of rotatable bonds is 6. The van der Waals surface area contributed by atoms with Crippen LogP contribution in [0.3, 0.4) is 0 Å². The second-order valence-corrected chi connectivity index (χ2v) is 13.2. The minimum Gasteiger partial charge on any atom is -0.389 e. The monoisotopic (exact) mass is 1000 g/mol. The summed E-state index contributed by atoms with van der Waals surface area (Å²) >= 11 is 13.5. The topological polar surface area (TPSA) is 158 Å². The fourth-order valence-electron chi connectivity index (χ4n) is 3.09.